The first-order valence-corrected chi connectivity index (χ1v) is 13.4. The molecule has 0 radical (unpaired) electrons. The van der Waals surface area contributed by atoms with Crippen LogP contribution >= 0.6 is 23.2 Å². The molecule has 1 aliphatic rings. The van der Waals surface area contributed by atoms with E-state index in [1.54, 1.807) is 31.5 Å². The van der Waals surface area contributed by atoms with Gasteiger partial charge in [0.2, 0.25) is 5.95 Å². The highest BCUT2D eigenvalue weighted by molar-refractivity contribution is 6.39. The van der Waals surface area contributed by atoms with E-state index in [0.717, 1.165) is 43.7 Å². The van der Waals surface area contributed by atoms with Gasteiger partial charge in [-0.1, -0.05) is 29.3 Å². The van der Waals surface area contributed by atoms with Gasteiger partial charge in [-0.05, 0) is 56.7 Å². The molecule has 0 aliphatic carbocycles. The Morgan fingerprint density at radius 1 is 1.03 bits per heavy atom. The summed E-state index contributed by atoms with van der Waals surface area (Å²) in [4.78, 5) is 11.8. The number of anilines is 5. The number of rotatable bonds is 9. The van der Waals surface area contributed by atoms with Gasteiger partial charge in [-0.3, -0.25) is 0 Å². The zero-order chi connectivity index (χ0) is 26.7. The van der Waals surface area contributed by atoms with Crippen LogP contribution in [0.4, 0.5) is 28.8 Å². The lowest BCUT2D eigenvalue weighted by molar-refractivity contribution is 0.0116. The fraction of sp³-hybridized carbons (Fsp3) is 0.370. The van der Waals surface area contributed by atoms with Gasteiger partial charge in [-0.25, -0.2) is 9.67 Å². The standard InChI is InChI=1S/C27H32Cl2N8O/c1-27(2,38-3)11-14-37-25-20(24(35-37)33-23-21(28)5-4-6-22(23)29)17-31-26(34-25)32-18-7-9-19(10-8-18)36-15-12-30-13-16-36/h4-10,17,30H,11-16H2,1-3H3,(H,33,35)(H,31,32,34). The van der Waals surface area contributed by atoms with Crippen molar-refractivity contribution in [3.05, 3.63) is 58.7 Å². The number of aromatic nitrogens is 4. The number of nitrogens with zero attached hydrogens (tertiary/aromatic N) is 5. The Kier molecular flexibility index (Phi) is 7.90. The molecule has 1 fully saturated rings. The van der Waals surface area contributed by atoms with Gasteiger partial charge in [0, 0.05) is 57.4 Å². The Bertz CT molecular complexity index is 1380. The molecule has 0 saturated carbocycles. The van der Waals surface area contributed by atoms with E-state index in [2.05, 4.69) is 50.1 Å². The second-order valence-electron chi connectivity index (χ2n) is 9.85. The van der Waals surface area contributed by atoms with E-state index in [1.165, 1.54) is 5.69 Å². The van der Waals surface area contributed by atoms with E-state index in [1.807, 2.05) is 18.5 Å². The van der Waals surface area contributed by atoms with E-state index in [9.17, 15) is 0 Å². The molecule has 5 rings (SSSR count). The third-order valence-electron chi connectivity index (χ3n) is 6.78. The van der Waals surface area contributed by atoms with Gasteiger partial charge in [0.15, 0.2) is 11.5 Å². The van der Waals surface area contributed by atoms with Gasteiger partial charge >= 0.3 is 0 Å². The largest absolute Gasteiger partial charge is 0.379 e. The molecule has 3 heterocycles. The van der Waals surface area contributed by atoms with Crippen molar-refractivity contribution in [1.82, 2.24) is 25.1 Å². The Morgan fingerprint density at radius 2 is 1.74 bits per heavy atom. The minimum atomic E-state index is -0.307. The molecule has 0 atom stereocenters. The lowest BCUT2D eigenvalue weighted by atomic mass is 10.1. The summed E-state index contributed by atoms with van der Waals surface area (Å²) in [5, 5.41) is 16.6. The fourth-order valence-corrected chi connectivity index (χ4v) is 4.78. The Labute approximate surface area is 232 Å². The number of piperazine rings is 1. The predicted octanol–water partition coefficient (Wildman–Crippen LogP) is 5.85. The fourth-order valence-electron chi connectivity index (χ4n) is 4.29. The van der Waals surface area contributed by atoms with Crippen LogP contribution in [-0.4, -0.2) is 58.6 Å². The third-order valence-corrected chi connectivity index (χ3v) is 7.41. The van der Waals surface area contributed by atoms with Gasteiger partial charge in [-0.2, -0.15) is 10.1 Å². The summed E-state index contributed by atoms with van der Waals surface area (Å²) in [6.07, 6.45) is 2.50. The van der Waals surface area contributed by atoms with E-state index in [4.69, 9.17) is 38.0 Å². The lowest BCUT2D eigenvalue weighted by Crippen LogP contribution is -2.43. The Hall–Kier alpha value is -3.11. The summed E-state index contributed by atoms with van der Waals surface area (Å²) in [6.45, 7) is 8.72. The second-order valence-corrected chi connectivity index (χ2v) is 10.7. The van der Waals surface area contributed by atoms with Crippen molar-refractivity contribution in [3.8, 4) is 0 Å². The average molecular weight is 556 g/mol. The third kappa shape index (κ3) is 5.96. The maximum Gasteiger partial charge on any atom is 0.229 e. The van der Waals surface area contributed by atoms with Crippen LogP contribution in [0.3, 0.4) is 0 Å². The van der Waals surface area contributed by atoms with Crippen molar-refractivity contribution in [2.75, 3.05) is 48.8 Å². The number of benzene rings is 2. The number of para-hydroxylation sites is 1. The first kappa shape index (κ1) is 26.5. The summed E-state index contributed by atoms with van der Waals surface area (Å²) in [7, 11) is 1.71. The first-order chi connectivity index (χ1) is 18.3. The summed E-state index contributed by atoms with van der Waals surface area (Å²) >= 11 is 12.8. The van der Waals surface area contributed by atoms with Crippen LogP contribution in [0.15, 0.2) is 48.7 Å². The molecule has 38 heavy (non-hydrogen) atoms. The molecule has 2 aromatic carbocycles. The van der Waals surface area contributed by atoms with Gasteiger partial charge in [0.05, 0.1) is 26.7 Å². The van der Waals surface area contributed by atoms with Crippen molar-refractivity contribution >= 4 is 63.1 Å². The second kappa shape index (κ2) is 11.3. The van der Waals surface area contributed by atoms with Gasteiger partial charge in [0.25, 0.3) is 0 Å². The van der Waals surface area contributed by atoms with Gasteiger partial charge in [0.1, 0.15) is 0 Å². The normalized spacial score (nSPS) is 14.2. The Morgan fingerprint density at radius 3 is 2.42 bits per heavy atom. The average Bonchev–Trinajstić information content (AvgIpc) is 3.27. The number of ether oxygens (including phenoxy) is 1. The number of fused-ring (bicyclic) bond motifs is 1. The van der Waals surface area contributed by atoms with E-state index in [-0.39, 0.29) is 5.60 Å². The van der Waals surface area contributed by atoms with Crippen LogP contribution in [0.5, 0.6) is 0 Å². The molecule has 1 saturated heterocycles. The number of halogens is 2. The van der Waals surface area contributed by atoms with Crippen molar-refractivity contribution < 1.29 is 4.74 Å². The molecule has 0 amide bonds. The number of methoxy groups -OCH3 is 1. The number of hydrogen-bond donors (Lipinski definition) is 3. The molecule has 2 aromatic heterocycles. The summed E-state index contributed by atoms with van der Waals surface area (Å²) < 4.78 is 7.48. The predicted molar refractivity (Wildman–Crippen MR) is 156 cm³/mol. The van der Waals surface area contributed by atoms with Crippen molar-refractivity contribution in [1.29, 1.82) is 0 Å². The smallest absolute Gasteiger partial charge is 0.229 e. The van der Waals surface area contributed by atoms with Crippen molar-refractivity contribution in [2.24, 2.45) is 0 Å². The minimum absolute atomic E-state index is 0.307. The first-order valence-electron chi connectivity index (χ1n) is 12.7. The highest BCUT2D eigenvalue weighted by atomic mass is 35.5. The Balaban J connectivity index is 1.43. The number of aryl methyl sites for hydroxylation is 1. The highest BCUT2D eigenvalue weighted by Gasteiger charge is 2.20. The zero-order valence-corrected chi connectivity index (χ0v) is 23.3. The van der Waals surface area contributed by atoms with Crippen LogP contribution in [0.25, 0.3) is 11.0 Å². The monoisotopic (exact) mass is 554 g/mol. The van der Waals surface area contributed by atoms with E-state index < -0.39 is 0 Å². The molecular formula is C27H32Cl2N8O. The van der Waals surface area contributed by atoms with E-state index in [0.29, 0.717) is 39.7 Å². The highest BCUT2D eigenvalue weighted by Crippen LogP contribution is 2.35. The SMILES string of the molecule is COC(C)(C)CCn1nc(Nc2c(Cl)cccc2Cl)c2cnc(Nc3ccc(N4CCNCC4)cc3)nc21. The van der Waals surface area contributed by atoms with Crippen LogP contribution in [0, 0.1) is 0 Å². The molecule has 11 heteroatoms. The maximum atomic E-state index is 6.41. The van der Waals surface area contributed by atoms with Crippen LogP contribution < -0.4 is 20.9 Å². The molecule has 4 aromatic rings. The molecule has 200 valence electrons. The molecule has 0 spiro atoms. The lowest BCUT2D eigenvalue weighted by Gasteiger charge is -2.29. The number of nitrogens with one attached hydrogen (secondary N) is 3. The molecular weight excluding hydrogens is 523 g/mol. The van der Waals surface area contributed by atoms with Crippen LogP contribution in [0.1, 0.15) is 20.3 Å². The minimum Gasteiger partial charge on any atom is -0.379 e. The van der Waals surface area contributed by atoms with Crippen molar-refractivity contribution in [3.63, 3.8) is 0 Å². The number of hydrogen-bond acceptors (Lipinski definition) is 8. The summed E-state index contributed by atoms with van der Waals surface area (Å²) in [5.74, 6) is 1.07. The van der Waals surface area contributed by atoms with Crippen LogP contribution in [-0.2, 0) is 11.3 Å². The van der Waals surface area contributed by atoms with Gasteiger partial charge in [-0.15, -0.1) is 0 Å². The van der Waals surface area contributed by atoms with Gasteiger partial charge < -0.3 is 25.6 Å². The van der Waals surface area contributed by atoms with Crippen LogP contribution in [0.2, 0.25) is 10.0 Å². The van der Waals surface area contributed by atoms with E-state index >= 15 is 0 Å². The topological polar surface area (TPSA) is 92.2 Å². The molecule has 1 aliphatic heterocycles. The molecule has 9 nitrogen and oxygen atoms in total. The van der Waals surface area contributed by atoms with Crippen molar-refractivity contribution in [2.45, 2.75) is 32.4 Å². The molecule has 3 N–H and O–H groups in total. The summed E-state index contributed by atoms with van der Waals surface area (Å²) in [5.41, 5.74) is 3.10. The quantitative estimate of drug-likeness (QED) is 0.237. The maximum absolute atomic E-state index is 6.41. The summed E-state index contributed by atoms with van der Waals surface area (Å²) in [6, 6.07) is 13.7. The zero-order valence-electron chi connectivity index (χ0n) is 21.8. The molecule has 0 unspecified atom stereocenters. The molecule has 0 bridgehead atoms.